The molecule has 0 aliphatic carbocycles. The molecule has 2 atom stereocenters. The second-order valence-electron chi connectivity index (χ2n) is 5.34. The molecule has 4 heteroatoms. The largest absolute Gasteiger partial charge is 0.379 e. The molecule has 1 rings (SSSR count). The van der Waals surface area contributed by atoms with Gasteiger partial charge in [0.15, 0.2) is 0 Å². The molecule has 1 aromatic rings. The van der Waals surface area contributed by atoms with Crippen LogP contribution in [0.15, 0.2) is 28.9 Å². The third-order valence-corrected chi connectivity index (χ3v) is 3.95. The molecule has 0 bridgehead atoms. The molecule has 0 amide bonds. The molecule has 2 unspecified atom stereocenters. The van der Waals surface area contributed by atoms with Crippen LogP contribution in [-0.4, -0.2) is 23.9 Å². The number of nitrogens with zero attached hydrogens (tertiary/aromatic N) is 3. The van der Waals surface area contributed by atoms with Crippen LogP contribution in [0.5, 0.6) is 0 Å². The van der Waals surface area contributed by atoms with E-state index in [1.54, 1.807) is 13.3 Å². The Labute approximate surface area is 141 Å². The molecule has 0 fully saturated rings. The van der Waals surface area contributed by atoms with Crippen LogP contribution in [0.3, 0.4) is 0 Å². The Morgan fingerprint density at radius 3 is 2.43 bits per heavy atom. The minimum atomic E-state index is 0.341. The molecule has 23 heavy (non-hydrogen) atoms. The second kappa shape index (κ2) is 11.5. The van der Waals surface area contributed by atoms with Crippen LogP contribution in [-0.2, 0) is 7.05 Å². The Kier molecular flexibility index (Phi) is 10.5. The van der Waals surface area contributed by atoms with Crippen LogP contribution >= 0.6 is 0 Å². The van der Waals surface area contributed by atoms with Gasteiger partial charge in [0.1, 0.15) is 6.07 Å². The smallest absolute Gasteiger partial charge is 0.103 e. The molecule has 4 nitrogen and oxygen atoms in total. The zero-order chi connectivity index (χ0) is 17.8. The van der Waals surface area contributed by atoms with Gasteiger partial charge in [-0.2, -0.15) is 5.26 Å². The van der Waals surface area contributed by atoms with Gasteiger partial charge >= 0.3 is 0 Å². The lowest BCUT2D eigenvalue weighted by Crippen LogP contribution is -2.34. The second-order valence-corrected chi connectivity index (χ2v) is 5.34. The van der Waals surface area contributed by atoms with Crippen LogP contribution in [0.25, 0.3) is 5.70 Å². The Morgan fingerprint density at radius 2 is 2.04 bits per heavy atom. The average molecular weight is 316 g/mol. The van der Waals surface area contributed by atoms with E-state index in [1.165, 1.54) is 0 Å². The van der Waals surface area contributed by atoms with Gasteiger partial charge in [0.2, 0.25) is 0 Å². The SMILES string of the molecule is CC.CCC(C)C(CC)N/C(=C(\C#N)C=NC)c1cccn1C. The summed E-state index contributed by atoms with van der Waals surface area (Å²) >= 11 is 0. The maximum atomic E-state index is 9.45. The molecule has 0 spiro atoms. The highest BCUT2D eigenvalue weighted by Crippen LogP contribution is 2.20. The molecule has 0 radical (unpaired) electrons. The number of rotatable bonds is 7. The quantitative estimate of drug-likeness (QED) is 0.598. The van der Waals surface area contributed by atoms with Gasteiger partial charge < -0.3 is 9.88 Å². The number of hydrogen-bond donors (Lipinski definition) is 1. The predicted octanol–water partition coefficient (Wildman–Crippen LogP) is 4.40. The molecule has 0 saturated heterocycles. The van der Waals surface area contributed by atoms with E-state index in [9.17, 15) is 5.26 Å². The first kappa shape index (κ1) is 21.0. The summed E-state index contributed by atoms with van der Waals surface area (Å²) in [6, 6.07) is 6.61. The van der Waals surface area contributed by atoms with Gasteiger partial charge in [0.25, 0.3) is 0 Å². The number of aryl methyl sites for hydroxylation is 1. The minimum Gasteiger partial charge on any atom is -0.379 e. The minimum absolute atomic E-state index is 0.341. The monoisotopic (exact) mass is 316 g/mol. The van der Waals surface area contributed by atoms with E-state index in [0.717, 1.165) is 24.2 Å². The van der Waals surface area contributed by atoms with Gasteiger partial charge in [-0.25, -0.2) is 0 Å². The van der Waals surface area contributed by atoms with Crippen molar-refractivity contribution in [1.29, 1.82) is 5.26 Å². The number of allylic oxidation sites excluding steroid dienone is 1. The van der Waals surface area contributed by atoms with E-state index in [4.69, 9.17) is 0 Å². The summed E-state index contributed by atoms with van der Waals surface area (Å²) in [5.74, 6) is 0.545. The van der Waals surface area contributed by atoms with Gasteiger partial charge in [-0.3, -0.25) is 4.99 Å². The van der Waals surface area contributed by atoms with Crippen LogP contribution < -0.4 is 5.32 Å². The normalized spacial score (nSPS) is 14.3. The Bertz CT molecular complexity index is 546. The number of hydrogen-bond acceptors (Lipinski definition) is 3. The van der Waals surface area contributed by atoms with E-state index in [2.05, 4.69) is 37.1 Å². The summed E-state index contributed by atoms with van der Waals surface area (Å²) in [7, 11) is 3.67. The summed E-state index contributed by atoms with van der Waals surface area (Å²) in [4.78, 5) is 4.01. The topological polar surface area (TPSA) is 53.1 Å². The van der Waals surface area contributed by atoms with Crippen molar-refractivity contribution >= 4 is 11.9 Å². The van der Waals surface area contributed by atoms with Crippen molar-refractivity contribution in [2.75, 3.05) is 7.05 Å². The third-order valence-electron chi connectivity index (χ3n) is 3.95. The predicted molar refractivity (Wildman–Crippen MR) is 100 cm³/mol. The highest BCUT2D eigenvalue weighted by molar-refractivity contribution is 5.94. The van der Waals surface area contributed by atoms with Crippen molar-refractivity contribution in [3.63, 3.8) is 0 Å². The summed E-state index contributed by atoms with van der Waals surface area (Å²) in [5.41, 5.74) is 2.44. The lowest BCUT2D eigenvalue weighted by Gasteiger charge is -2.26. The first-order valence-electron chi connectivity index (χ1n) is 8.53. The van der Waals surface area contributed by atoms with E-state index in [-0.39, 0.29) is 0 Å². The van der Waals surface area contributed by atoms with Crippen molar-refractivity contribution < 1.29 is 0 Å². The van der Waals surface area contributed by atoms with Crippen molar-refractivity contribution in [2.24, 2.45) is 18.0 Å². The Morgan fingerprint density at radius 1 is 1.39 bits per heavy atom. The lowest BCUT2D eigenvalue weighted by atomic mass is 9.96. The Hall–Kier alpha value is -2.02. The van der Waals surface area contributed by atoms with Crippen molar-refractivity contribution in [2.45, 2.75) is 53.5 Å². The van der Waals surface area contributed by atoms with Crippen LogP contribution in [0.1, 0.15) is 53.2 Å². The lowest BCUT2D eigenvalue weighted by molar-refractivity contribution is 0.395. The molecule has 0 saturated carbocycles. The van der Waals surface area contributed by atoms with Gasteiger partial charge in [-0.15, -0.1) is 0 Å². The van der Waals surface area contributed by atoms with Crippen LogP contribution in [0.2, 0.25) is 0 Å². The van der Waals surface area contributed by atoms with Crippen LogP contribution in [0, 0.1) is 17.2 Å². The van der Waals surface area contributed by atoms with E-state index >= 15 is 0 Å². The maximum Gasteiger partial charge on any atom is 0.103 e. The van der Waals surface area contributed by atoms with Gasteiger partial charge in [-0.05, 0) is 24.5 Å². The fraction of sp³-hybridized carbons (Fsp3) is 0.579. The fourth-order valence-corrected chi connectivity index (χ4v) is 2.41. The van der Waals surface area contributed by atoms with Crippen LogP contribution in [0.4, 0.5) is 0 Å². The summed E-state index contributed by atoms with van der Waals surface area (Å²) in [6.45, 7) is 10.6. The van der Waals surface area contributed by atoms with Gasteiger partial charge in [-0.1, -0.05) is 41.0 Å². The Balaban J connectivity index is 0.00000232. The molecule has 128 valence electrons. The summed E-state index contributed by atoms with van der Waals surface area (Å²) in [5, 5.41) is 13.0. The first-order chi connectivity index (χ1) is 11.1. The number of aliphatic imine (C=N–C) groups is 1. The highest BCUT2D eigenvalue weighted by atomic mass is 15.0. The van der Waals surface area contributed by atoms with Gasteiger partial charge in [0.05, 0.1) is 17.0 Å². The molecule has 0 aliphatic rings. The van der Waals surface area contributed by atoms with E-state index < -0.39 is 0 Å². The molecule has 0 aliphatic heterocycles. The molecular formula is C19H32N4. The number of aromatic nitrogens is 1. The molecule has 0 aromatic carbocycles. The number of nitrogens with one attached hydrogen (secondary N) is 1. The first-order valence-corrected chi connectivity index (χ1v) is 8.53. The zero-order valence-electron chi connectivity index (χ0n) is 15.7. The third kappa shape index (κ3) is 5.94. The highest BCUT2D eigenvalue weighted by Gasteiger charge is 2.18. The number of nitriles is 1. The van der Waals surface area contributed by atoms with Gasteiger partial charge in [0, 0.05) is 32.5 Å². The zero-order valence-corrected chi connectivity index (χ0v) is 15.7. The van der Waals surface area contributed by atoms with E-state index in [0.29, 0.717) is 17.5 Å². The van der Waals surface area contributed by atoms with Crippen molar-refractivity contribution in [1.82, 2.24) is 9.88 Å². The van der Waals surface area contributed by atoms with Crippen molar-refractivity contribution in [3.05, 3.63) is 29.6 Å². The molecule has 1 N–H and O–H groups in total. The molecular weight excluding hydrogens is 284 g/mol. The van der Waals surface area contributed by atoms with E-state index in [1.807, 2.05) is 43.8 Å². The summed E-state index contributed by atoms with van der Waals surface area (Å²) in [6.07, 6.45) is 5.73. The standard InChI is InChI=1S/C17H26N4.C2H6/c1-6-13(3)15(7-2)20-17(14(11-18)12-19-4)16-9-8-10-21(16)5;1-2/h8-10,12-13,15,20H,6-7H2,1-5H3;1-2H3/b17-14+,19-12?;. The fourth-order valence-electron chi connectivity index (χ4n) is 2.41. The van der Waals surface area contributed by atoms with Crippen molar-refractivity contribution in [3.8, 4) is 6.07 Å². The average Bonchev–Trinajstić information content (AvgIpc) is 3.01. The maximum absolute atomic E-state index is 9.45. The summed E-state index contributed by atoms with van der Waals surface area (Å²) < 4.78 is 2.02. The molecule has 1 heterocycles. The molecule has 1 aromatic heterocycles.